The predicted molar refractivity (Wildman–Crippen MR) is 113 cm³/mol. The molecule has 9 nitrogen and oxygen atoms in total. The van der Waals surface area contributed by atoms with Gasteiger partial charge in [0.2, 0.25) is 15.9 Å². The third-order valence-electron chi connectivity index (χ3n) is 5.76. The van der Waals surface area contributed by atoms with Crippen LogP contribution in [-0.4, -0.2) is 80.3 Å². The number of alkyl halides is 2. The number of amides is 1. The van der Waals surface area contributed by atoms with E-state index in [2.05, 4.69) is 5.32 Å². The van der Waals surface area contributed by atoms with Crippen LogP contribution in [0.3, 0.4) is 0 Å². The average molecular weight is 485 g/mol. The Bertz CT molecular complexity index is 1040. The second-order valence-electron chi connectivity index (χ2n) is 8.01. The van der Waals surface area contributed by atoms with E-state index in [9.17, 15) is 26.8 Å². The number of ether oxygens (including phenoxy) is 1. The number of carbonyl (C=O) groups is 2. The lowest BCUT2D eigenvalue weighted by Gasteiger charge is -2.39. The number of sulfonamides is 1. The van der Waals surface area contributed by atoms with E-state index in [4.69, 9.17) is 10.00 Å². The highest BCUT2D eigenvalue weighted by molar-refractivity contribution is 7.89. The number of nitrogens with zero attached hydrogens (tertiary/aromatic N) is 3. The standard InChI is InChI=1S/C21H26F2N4O5S/c1-2-32-18(28)13-25-20(29)19-17(26-9-4-8-21(22,23)14-26)7-10-27(19)33(30,31)16-6-3-5-15(11-16)12-24/h3,5-6,11,17,19H,2,4,7-10,13-14H2,1H3,(H,25,29). The number of nitriles is 1. The first-order chi connectivity index (χ1) is 15.6. The highest BCUT2D eigenvalue weighted by Gasteiger charge is 2.50. The lowest BCUT2D eigenvalue weighted by Crippen LogP contribution is -2.58. The number of benzene rings is 1. The molecule has 0 saturated carbocycles. The van der Waals surface area contributed by atoms with Crippen molar-refractivity contribution in [3.63, 3.8) is 0 Å². The molecule has 2 saturated heterocycles. The van der Waals surface area contributed by atoms with E-state index >= 15 is 0 Å². The summed E-state index contributed by atoms with van der Waals surface area (Å²) in [5, 5.41) is 11.5. The fourth-order valence-corrected chi connectivity index (χ4v) is 6.00. The van der Waals surface area contributed by atoms with Crippen LogP contribution < -0.4 is 5.32 Å². The van der Waals surface area contributed by atoms with Crippen LogP contribution in [0.2, 0.25) is 0 Å². The van der Waals surface area contributed by atoms with Gasteiger partial charge in [0.05, 0.1) is 29.7 Å². The summed E-state index contributed by atoms with van der Waals surface area (Å²) in [5.74, 6) is -4.39. The van der Waals surface area contributed by atoms with Crippen LogP contribution in [0, 0.1) is 11.3 Å². The second kappa shape index (κ2) is 10.1. The Morgan fingerprint density at radius 1 is 1.33 bits per heavy atom. The first-order valence-electron chi connectivity index (χ1n) is 10.7. The molecule has 0 bridgehead atoms. The number of esters is 1. The molecule has 2 aliphatic rings. The minimum absolute atomic E-state index is 0.0661. The number of carbonyl (C=O) groups excluding carboxylic acids is 2. The maximum atomic E-state index is 14.1. The Morgan fingerprint density at radius 2 is 2.09 bits per heavy atom. The number of likely N-dealkylation sites (tertiary alicyclic amines) is 1. The number of hydrogen-bond acceptors (Lipinski definition) is 7. The highest BCUT2D eigenvalue weighted by atomic mass is 32.2. The normalized spacial score (nSPS) is 23.6. The van der Waals surface area contributed by atoms with Gasteiger partial charge in [0.1, 0.15) is 12.6 Å². The van der Waals surface area contributed by atoms with Crippen LogP contribution in [0.4, 0.5) is 8.78 Å². The van der Waals surface area contributed by atoms with Gasteiger partial charge in [0.25, 0.3) is 5.92 Å². The summed E-state index contributed by atoms with van der Waals surface area (Å²) >= 11 is 0. The lowest BCUT2D eigenvalue weighted by atomic mass is 10.0. The molecule has 1 aromatic rings. The molecule has 1 amide bonds. The smallest absolute Gasteiger partial charge is 0.325 e. The monoisotopic (exact) mass is 484 g/mol. The Morgan fingerprint density at radius 3 is 2.76 bits per heavy atom. The Hall–Kier alpha value is -2.62. The average Bonchev–Trinajstić information content (AvgIpc) is 3.23. The summed E-state index contributed by atoms with van der Waals surface area (Å²) in [4.78, 5) is 26.1. The number of nitrogens with one attached hydrogen (secondary N) is 1. The molecular formula is C21H26F2N4O5S. The molecule has 0 spiro atoms. The Kier molecular flexibility index (Phi) is 7.66. The van der Waals surface area contributed by atoms with E-state index in [0.717, 1.165) is 4.31 Å². The van der Waals surface area contributed by atoms with Crippen molar-refractivity contribution in [3.05, 3.63) is 29.8 Å². The van der Waals surface area contributed by atoms with Gasteiger partial charge in [-0.1, -0.05) is 6.07 Å². The highest BCUT2D eigenvalue weighted by Crippen LogP contribution is 2.34. The minimum Gasteiger partial charge on any atom is -0.465 e. The van der Waals surface area contributed by atoms with Gasteiger partial charge < -0.3 is 10.1 Å². The summed E-state index contributed by atoms with van der Waals surface area (Å²) in [7, 11) is -4.22. The van der Waals surface area contributed by atoms with E-state index in [-0.39, 0.29) is 42.9 Å². The maximum absolute atomic E-state index is 14.1. The fraction of sp³-hybridized carbons (Fsp3) is 0.571. The van der Waals surface area contributed by atoms with Gasteiger partial charge in [-0.3, -0.25) is 14.5 Å². The zero-order valence-corrected chi connectivity index (χ0v) is 19.0. The summed E-state index contributed by atoms with van der Waals surface area (Å²) in [6.45, 7) is 0.913. The summed E-state index contributed by atoms with van der Waals surface area (Å²) in [6, 6.07) is 5.15. The second-order valence-corrected chi connectivity index (χ2v) is 9.90. The molecule has 2 fully saturated rings. The first-order valence-corrected chi connectivity index (χ1v) is 12.1. The molecule has 180 valence electrons. The van der Waals surface area contributed by atoms with Gasteiger partial charge >= 0.3 is 5.97 Å². The Balaban J connectivity index is 1.92. The third kappa shape index (κ3) is 5.66. The van der Waals surface area contributed by atoms with E-state index in [1.165, 1.54) is 29.2 Å². The molecule has 1 aromatic carbocycles. The molecule has 2 unspecified atom stereocenters. The van der Waals surface area contributed by atoms with Crippen molar-refractivity contribution >= 4 is 21.9 Å². The zero-order valence-electron chi connectivity index (χ0n) is 18.2. The van der Waals surface area contributed by atoms with Crippen molar-refractivity contribution in [1.82, 2.24) is 14.5 Å². The summed E-state index contributed by atoms with van der Waals surface area (Å²) < 4.78 is 60.7. The van der Waals surface area contributed by atoms with E-state index < -0.39 is 53.0 Å². The van der Waals surface area contributed by atoms with Gasteiger partial charge in [0.15, 0.2) is 0 Å². The van der Waals surface area contributed by atoms with Crippen molar-refractivity contribution in [2.45, 2.75) is 49.1 Å². The predicted octanol–water partition coefficient (Wildman–Crippen LogP) is 1.10. The maximum Gasteiger partial charge on any atom is 0.325 e. The number of rotatable bonds is 7. The van der Waals surface area contributed by atoms with E-state index in [1.807, 2.05) is 6.07 Å². The van der Waals surface area contributed by atoms with Gasteiger partial charge in [-0.05, 0) is 44.5 Å². The van der Waals surface area contributed by atoms with Crippen molar-refractivity contribution in [3.8, 4) is 6.07 Å². The lowest BCUT2D eigenvalue weighted by molar-refractivity contribution is -0.144. The van der Waals surface area contributed by atoms with Crippen LogP contribution in [0.15, 0.2) is 29.2 Å². The molecule has 0 aliphatic carbocycles. The fourth-order valence-electron chi connectivity index (χ4n) is 4.32. The summed E-state index contributed by atoms with van der Waals surface area (Å²) in [6.07, 6.45) is 0.126. The SMILES string of the molecule is CCOC(=O)CNC(=O)C1C(N2CCCC(F)(F)C2)CCN1S(=O)(=O)c1cccc(C#N)c1. The van der Waals surface area contributed by atoms with E-state index in [1.54, 1.807) is 6.92 Å². The minimum atomic E-state index is -4.22. The Labute approximate surface area is 191 Å². The van der Waals surface area contributed by atoms with Crippen molar-refractivity contribution < 1.29 is 31.5 Å². The van der Waals surface area contributed by atoms with Crippen LogP contribution in [0.5, 0.6) is 0 Å². The molecule has 2 heterocycles. The molecule has 3 rings (SSSR count). The van der Waals surface area contributed by atoms with Gasteiger partial charge in [0, 0.05) is 19.0 Å². The number of piperidine rings is 1. The van der Waals surface area contributed by atoms with Crippen LogP contribution >= 0.6 is 0 Å². The topological polar surface area (TPSA) is 120 Å². The molecule has 1 N–H and O–H groups in total. The summed E-state index contributed by atoms with van der Waals surface area (Å²) in [5.41, 5.74) is 0.130. The van der Waals surface area contributed by atoms with Crippen LogP contribution in [0.1, 0.15) is 31.7 Å². The molecule has 2 atom stereocenters. The molecular weight excluding hydrogens is 458 g/mol. The van der Waals surface area contributed by atoms with Crippen molar-refractivity contribution in [1.29, 1.82) is 5.26 Å². The largest absolute Gasteiger partial charge is 0.465 e. The molecule has 2 aliphatic heterocycles. The van der Waals surface area contributed by atoms with Gasteiger partial charge in [-0.2, -0.15) is 9.57 Å². The number of halogens is 2. The molecule has 33 heavy (non-hydrogen) atoms. The molecule has 0 radical (unpaired) electrons. The van der Waals surface area contributed by atoms with Gasteiger partial charge in [-0.15, -0.1) is 0 Å². The van der Waals surface area contributed by atoms with Crippen LogP contribution in [0.25, 0.3) is 0 Å². The van der Waals surface area contributed by atoms with Crippen molar-refractivity contribution in [2.75, 3.05) is 32.8 Å². The first kappa shape index (κ1) is 25.0. The zero-order chi connectivity index (χ0) is 24.2. The molecule has 0 aromatic heterocycles. The van der Waals surface area contributed by atoms with E-state index in [0.29, 0.717) is 6.54 Å². The van der Waals surface area contributed by atoms with Crippen molar-refractivity contribution in [2.24, 2.45) is 0 Å². The van der Waals surface area contributed by atoms with Gasteiger partial charge in [-0.25, -0.2) is 17.2 Å². The number of hydrogen-bond donors (Lipinski definition) is 1. The van der Waals surface area contributed by atoms with Crippen LogP contribution in [-0.2, 0) is 24.3 Å². The molecule has 12 heteroatoms. The third-order valence-corrected chi connectivity index (χ3v) is 7.64. The quantitative estimate of drug-likeness (QED) is 0.576.